The first-order valence-electron chi connectivity index (χ1n) is 8.45. The average molecular weight is 343 g/mol. The smallest absolute Gasteiger partial charge is 0.252 e. The van der Waals surface area contributed by atoms with E-state index in [0.29, 0.717) is 5.92 Å². The van der Waals surface area contributed by atoms with Crippen LogP contribution in [0.25, 0.3) is 4.91 Å². The standard InChI is InChI=1S/C19H25N3OS/c1-13-9-17(24-11-13)14-5-4-6-16(10-14)19(21-2,15-7-8-15)18(23)22(3)12-20/h4-6,9-10,12-13,15,20-21H,7-8,11H2,1-3H3. The van der Waals surface area contributed by atoms with Crippen LogP contribution in [0.3, 0.4) is 0 Å². The zero-order chi connectivity index (χ0) is 17.3. The number of carbonyl (C=O) groups excluding carboxylic acids is 1. The summed E-state index contributed by atoms with van der Waals surface area (Å²) in [6.07, 6.45) is 5.49. The summed E-state index contributed by atoms with van der Waals surface area (Å²) in [7, 11) is 3.51. The third-order valence-corrected chi connectivity index (χ3v) is 6.35. The molecule has 0 saturated heterocycles. The van der Waals surface area contributed by atoms with E-state index in [1.807, 2.05) is 30.9 Å². The van der Waals surface area contributed by atoms with E-state index in [4.69, 9.17) is 5.41 Å². The number of hydrogen-bond acceptors (Lipinski definition) is 4. The molecular formula is C19H25N3OS. The van der Waals surface area contributed by atoms with E-state index in [9.17, 15) is 4.79 Å². The van der Waals surface area contributed by atoms with E-state index in [0.717, 1.165) is 30.5 Å². The van der Waals surface area contributed by atoms with Gasteiger partial charge < -0.3 is 10.2 Å². The van der Waals surface area contributed by atoms with Crippen LogP contribution in [-0.4, -0.2) is 37.0 Å². The van der Waals surface area contributed by atoms with E-state index in [-0.39, 0.29) is 11.8 Å². The normalized spacial score (nSPS) is 22.6. The van der Waals surface area contributed by atoms with Gasteiger partial charge in [-0.05, 0) is 48.9 Å². The minimum Gasteiger partial charge on any atom is -0.305 e. The zero-order valence-corrected chi connectivity index (χ0v) is 15.3. The molecule has 1 aliphatic carbocycles. The summed E-state index contributed by atoms with van der Waals surface area (Å²) in [5.74, 6) is 1.95. The lowest BCUT2D eigenvalue weighted by molar-refractivity contribution is -0.134. The molecule has 1 amide bonds. The van der Waals surface area contributed by atoms with Crippen molar-refractivity contribution in [2.75, 3.05) is 19.8 Å². The molecule has 4 nitrogen and oxygen atoms in total. The lowest BCUT2D eigenvalue weighted by Gasteiger charge is -2.35. The van der Waals surface area contributed by atoms with Gasteiger partial charge in [-0.1, -0.05) is 31.2 Å². The first-order valence-corrected chi connectivity index (χ1v) is 9.43. The Kier molecular flexibility index (Phi) is 4.83. The molecule has 2 aliphatic rings. The molecule has 0 bridgehead atoms. The van der Waals surface area contributed by atoms with Crippen LogP contribution in [-0.2, 0) is 10.3 Å². The Balaban J connectivity index is 2.04. The van der Waals surface area contributed by atoms with Crippen molar-refractivity contribution in [1.29, 1.82) is 5.41 Å². The molecule has 3 rings (SSSR count). The molecule has 0 radical (unpaired) electrons. The SMILES string of the molecule is CNC(C(=O)N(C)C=N)(c1cccc(C2=CC(C)CS2)c1)C1CC1. The number of benzene rings is 1. The monoisotopic (exact) mass is 343 g/mol. The lowest BCUT2D eigenvalue weighted by atomic mass is 9.82. The minimum absolute atomic E-state index is 0.0546. The largest absolute Gasteiger partial charge is 0.305 e. The summed E-state index contributed by atoms with van der Waals surface area (Å²) >= 11 is 1.88. The topological polar surface area (TPSA) is 56.2 Å². The Labute approximate surface area is 148 Å². The van der Waals surface area contributed by atoms with Gasteiger partial charge in [-0.25, -0.2) is 0 Å². The van der Waals surface area contributed by atoms with Gasteiger partial charge >= 0.3 is 0 Å². The third-order valence-electron chi connectivity index (χ3n) is 4.98. The van der Waals surface area contributed by atoms with Crippen molar-refractivity contribution in [2.45, 2.75) is 25.3 Å². The molecule has 1 fully saturated rings. The second kappa shape index (κ2) is 6.73. The molecule has 24 heavy (non-hydrogen) atoms. The summed E-state index contributed by atoms with van der Waals surface area (Å²) in [6.45, 7) is 2.23. The van der Waals surface area contributed by atoms with Crippen molar-refractivity contribution < 1.29 is 4.79 Å². The van der Waals surface area contributed by atoms with Gasteiger partial charge in [0.15, 0.2) is 0 Å². The Bertz CT molecular complexity index is 683. The highest BCUT2D eigenvalue weighted by Gasteiger charge is 2.52. The summed E-state index contributed by atoms with van der Waals surface area (Å²) in [4.78, 5) is 15.8. The van der Waals surface area contributed by atoms with Gasteiger partial charge in [-0.3, -0.25) is 10.2 Å². The number of nitrogens with zero attached hydrogens (tertiary/aromatic N) is 1. The average Bonchev–Trinajstić information content (AvgIpc) is 3.36. The van der Waals surface area contributed by atoms with E-state index < -0.39 is 5.54 Å². The molecule has 2 unspecified atom stereocenters. The quantitative estimate of drug-likeness (QED) is 0.615. The molecule has 2 N–H and O–H groups in total. The maximum absolute atomic E-state index is 13.1. The molecular weight excluding hydrogens is 318 g/mol. The molecule has 1 saturated carbocycles. The molecule has 0 aromatic heterocycles. The van der Waals surface area contributed by atoms with Crippen molar-refractivity contribution in [1.82, 2.24) is 10.2 Å². The number of hydrogen-bond donors (Lipinski definition) is 2. The summed E-state index contributed by atoms with van der Waals surface area (Å²) < 4.78 is 0. The van der Waals surface area contributed by atoms with E-state index in [1.165, 1.54) is 15.4 Å². The van der Waals surface area contributed by atoms with E-state index in [1.54, 1.807) is 7.05 Å². The maximum atomic E-state index is 13.1. The number of likely N-dealkylation sites (N-methyl/N-ethyl adjacent to an activating group) is 2. The van der Waals surface area contributed by atoms with Crippen LogP contribution in [0.1, 0.15) is 30.9 Å². The van der Waals surface area contributed by atoms with Crippen molar-refractivity contribution in [3.05, 3.63) is 41.5 Å². The molecule has 1 aliphatic heterocycles. The molecule has 5 heteroatoms. The molecule has 0 spiro atoms. The van der Waals surface area contributed by atoms with Crippen LogP contribution in [0.5, 0.6) is 0 Å². The predicted octanol–water partition coefficient (Wildman–Crippen LogP) is 3.30. The molecule has 2 atom stereocenters. The van der Waals surface area contributed by atoms with Crippen LogP contribution >= 0.6 is 11.8 Å². The van der Waals surface area contributed by atoms with Gasteiger partial charge in [0.25, 0.3) is 5.91 Å². The van der Waals surface area contributed by atoms with E-state index >= 15 is 0 Å². The number of amides is 1. The van der Waals surface area contributed by atoms with Gasteiger partial charge in [0, 0.05) is 17.7 Å². The number of rotatable bonds is 6. The summed E-state index contributed by atoms with van der Waals surface area (Å²) in [5, 5.41) is 10.8. The Hall–Kier alpha value is -1.59. The summed E-state index contributed by atoms with van der Waals surface area (Å²) in [5.41, 5.74) is 1.45. The number of nitrogens with one attached hydrogen (secondary N) is 2. The Morgan fingerprint density at radius 1 is 1.46 bits per heavy atom. The fraction of sp³-hybridized carbons (Fsp3) is 0.474. The van der Waals surface area contributed by atoms with Gasteiger partial charge in [0.2, 0.25) is 0 Å². The fourth-order valence-electron chi connectivity index (χ4n) is 3.52. The van der Waals surface area contributed by atoms with Crippen LogP contribution < -0.4 is 5.32 Å². The zero-order valence-electron chi connectivity index (χ0n) is 14.5. The van der Waals surface area contributed by atoms with Crippen LogP contribution in [0.15, 0.2) is 30.3 Å². The highest BCUT2D eigenvalue weighted by atomic mass is 32.2. The van der Waals surface area contributed by atoms with Crippen molar-refractivity contribution in [3.8, 4) is 0 Å². The first kappa shape index (κ1) is 17.2. The Morgan fingerprint density at radius 2 is 2.21 bits per heavy atom. The third kappa shape index (κ3) is 2.91. The molecule has 1 heterocycles. The van der Waals surface area contributed by atoms with E-state index in [2.05, 4.69) is 30.4 Å². The van der Waals surface area contributed by atoms with Crippen molar-refractivity contribution >= 4 is 28.9 Å². The Morgan fingerprint density at radius 3 is 2.75 bits per heavy atom. The maximum Gasteiger partial charge on any atom is 0.252 e. The minimum atomic E-state index is -0.738. The van der Waals surface area contributed by atoms with Crippen LogP contribution in [0.2, 0.25) is 0 Å². The van der Waals surface area contributed by atoms with Crippen LogP contribution in [0, 0.1) is 17.2 Å². The van der Waals surface area contributed by atoms with Crippen LogP contribution in [0.4, 0.5) is 0 Å². The van der Waals surface area contributed by atoms with Crippen molar-refractivity contribution in [2.24, 2.45) is 11.8 Å². The lowest BCUT2D eigenvalue weighted by Crippen LogP contribution is -2.54. The highest BCUT2D eigenvalue weighted by molar-refractivity contribution is 8.08. The first-order chi connectivity index (χ1) is 11.5. The number of carbonyl (C=O) groups is 1. The summed E-state index contributed by atoms with van der Waals surface area (Å²) in [6, 6.07) is 8.36. The van der Waals surface area contributed by atoms with Gasteiger partial charge in [-0.2, -0.15) is 0 Å². The second-order valence-electron chi connectivity index (χ2n) is 6.78. The van der Waals surface area contributed by atoms with Gasteiger partial charge in [0.05, 0.1) is 6.34 Å². The fourth-order valence-corrected chi connectivity index (χ4v) is 4.68. The van der Waals surface area contributed by atoms with Gasteiger partial charge in [-0.15, -0.1) is 11.8 Å². The molecule has 1 aromatic rings. The molecule has 1 aromatic carbocycles. The predicted molar refractivity (Wildman–Crippen MR) is 101 cm³/mol. The molecule has 128 valence electrons. The number of thioether (sulfide) groups is 1. The van der Waals surface area contributed by atoms with Crippen molar-refractivity contribution in [3.63, 3.8) is 0 Å². The second-order valence-corrected chi connectivity index (χ2v) is 7.84. The van der Waals surface area contributed by atoms with Gasteiger partial charge in [0.1, 0.15) is 5.54 Å². The number of allylic oxidation sites excluding steroid dienone is 1. The highest BCUT2D eigenvalue weighted by Crippen LogP contribution is 2.47.